The fraction of sp³-hybridized carbons (Fsp3) is 0.381. The number of fused-ring (bicyclic) bond motifs is 1. The molecule has 3 N–H and O–H groups in total. The molecule has 3 aromatic rings. The molecule has 0 bridgehead atoms. The Morgan fingerprint density at radius 1 is 1.19 bits per heavy atom. The van der Waals surface area contributed by atoms with Crippen molar-refractivity contribution >= 4 is 22.6 Å². The van der Waals surface area contributed by atoms with Crippen molar-refractivity contribution in [2.24, 2.45) is 5.92 Å². The number of carbonyl (C=O) groups is 1. The molecule has 0 saturated heterocycles. The quantitative estimate of drug-likeness (QED) is 0.603. The van der Waals surface area contributed by atoms with Gasteiger partial charge in [0.05, 0.1) is 10.9 Å². The van der Waals surface area contributed by atoms with E-state index in [0.717, 1.165) is 36.6 Å². The van der Waals surface area contributed by atoms with Gasteiger partial charge in [-0.3, -0.25) is 4.79 Å². The lowest BCUT2D eigenvalue weighted by Crippen LogP contribution is -2.27. The summed E-state index contributed by atoms with van der Waals surface area (Å²) < 4.78 is 0. The molecule has 1 aliphatic carbocycles. The molecule has 6 heteroatoms. The van der Waals surface area contributed by atoms with Crippen LogP contribution in [0, 0.1) is 12.8 Å². The maximum Gasteiger partial charge on any atom is 0.195 e. The number of aliphatic hydroxyl groups is 1. The number of rotatable bonds is 5. The smallest absolute Gasteiger partial charge is 0.195 e. The summed E-state index contributed by atoms with van der Waals surface area (Å²) in [7, 11) is 0. The van der Waals surface area contributed by atoms with E-state index in [0.29, 0.717) is 34.6 Å². The molecular weight excluding hydrogens is 340 g/mol. The number of ketones is 1. The van der Waals surface area contributed by atoms with Crippen LogP contribution in [-0.4, -0.2) is 38.5 Å². The molecule has 0 radical (unpaired) electrons. The summed E-state index contributed by atoms with van der Waals surface area (Å²) in [6.45, 7) is 2.20. The van der Waals surface area contributed by atoms with Gasteiger partial charge in [0.25, 0.3) is 0 Å². The second-order valence-electron chi connectivity index (χ2n) is 7.34. The number of nitrogens with one attached hydrogen (secondary N) is 2. The summed E-state index contributed by atoms with van der Waals surface area (Å²) in [5.74, 6) is 1.07. The second-order valence-corrected chi connectivity index (χ2v) is 7.34. The molecular formula is C21H24N4O2. The van der Waals surface area contributed by atoms with Gasteiger partial charge in [-0.1, -0.05) is 24.3 Å². The lowest BCUT2D eigenvalue weighted by molar-refractivity contribution is 0.103. The third-order valence-electron chi connectivity index (χ3n) is 5.55. The maximum absolute atomic E-state index is 13.1. The molecule has 0 atom stereocenters. The van der Waals surface area contributed by atoms with Gasteiger partial charge in [-0.25, -0.2) is 9.97 Å². The van der Waals surface area contributed by atoms with Crippen molar-refractivity contribution in [3.8, 4) is 0 Å². The lowest BCUT2D eigenvalue weighted by Gasteiger charge is -2.28. The van der Waals surface area contributed by atoms with Crippen LogP contribution in [0.5, 0.6) is 0 Å². The zero-order valence-corrected chi connectivity index (χ0v) is 15.4. The van der Waals surface area contributed by atoms with E-state index >= 15 is 0 Å². The van der Waals surface area contributed by atoms with Crippen LogP contribution in [0.4, 0.5) is 5.82 Å². The molecule has 0 unspecified atom stereocenters. The number of aromatic nitrogens is 3. The minimum atomic E-state index is -0.0267. The Labute approximate surface area is 158 Å². The molecule has 1 aliphatic rings. The van der Waals surface area contributed by atoms with Gasteiger partial charge in [0.1, 0.15) is 17.8 Å². The number of anilines is 1. The van der Waals surface area contributed by atoms with Crippen LogP contribution in [0.2, 0.25) is 0 Å². The number of benzene rings is 1. The first kappa shape index (κ1) is 17.7. The maximum atomic E-state index is 13.1. The van der Waals surface area contributed by atoms with Gasteiger partial charge in [-0.05, 0) is 44.1 Å². The van der Waals surface area contributed by atoms with E-state index in [4.69, 9.17) is 0 Å². The fourth-order valence-electron chi connectivity index (χ4n) is 3.91. The van der Waals surface area contributed by atoms with Gasteiger partial charge in [0, 0.05) is 24.4 Å². The normalized spacial score (nSPS) is 19.9. The van der Waals surface area contributed by atoms with Crippen molar-refractivity contribution < 1.29 is 9.90 Å². The summed E-state index contributed by atoms with van der Waals surface area (Å²) in [5, 5.41) is 13.6. The minimum absolute atomic E-state index is 0.0267. The van der Waals surface area contributed by atoms with Crippen LogP contribution in [0.15, 0.2) is 36.8 Å². The van der Waals surface area contributed by atoms with Gasteiger partial charge in [-0.2, -0.15) is 0 Å². The van der Waals surface area contributed by atoms with Crippen molar-refractivity contribution in [3.63, 3.8) is 0 Å². The predicted molar refractivity (Wildman–Crippen MR) is 105 cm³/mol. The number of hydrogen-bond donors (Lipinski definition) is 3. The molecule has 6 nitrogen and oxygen atoms in total. The van der Waals surface area contributed by atoms with E-state index < -0.39 is 0 Å². The monoisotopic (exact) mass is 364 g/mol. The zero-order chi connectivity index (χ0) is 18.8. The van der Waals surface area contributed by atoms with E-state index in [1.165, 1.54) is 6.33 Å². The number of H-pyrrole nitrogens is 1. The summed E-state index contributed by atoms with van der Waals surface area (Å²) in [6, 6.07) is 7.90. The first-order valence-corrected chi connectivity index (χ1v) is 9.47. The Morgan fingerprint density at radius 2 is 1.96 bits per heavy atom. The summed E-state index contributed by atoms with van der Waals surface area (Å²) in [5.41, 5.74) is 2.89. The second kappa shape index (κ2) is 7.48. The number of aliphatic hydroxyl groups excluding tert-OH is 1. The van der Waals surface area contributed by atoms with Crippen molar-refractivity contribution in [2.45, 2.75) is 38.6 Å². The van der Waals surface area contributed by atoms with Gasteiger partial charge in [0.15, 0.2) is 5.78 Å². The molecule has 27 heavy (non-hydrogen) atoms. The summed E-state index contributed by atoms with van der Waals surface area (Å²) in [6.07, 6.45) is 7.23. The highest BCUT2D eigenvalue weighted by atomic mass is 16.3. The van der Waals surface area contributed by atoms with Crippen molar-refractivity contribution in [1.82, 2.24) is 15.0 Å². The first-order valence-electron chi connectivity index (χ1n) is 9.47. The Bertz CT molecular complexity index is 958. The van der Waals surface area contributed by atoms with E-state index in [2.05, 4.69) is 20.3 Å². The molecule has 0 spiro atoms. The molecule has 2 aromatic heterocycles. The van der Waals surface area contributed by atoms with Crippen molar-refractivity contribution in [2.75, 3.05) is 11.9 Å². The molecule has 0 amide bonds. The van der Waals surface area contributed by atoms with Crippen LogP contribution in [0.25, 0.3) is 11.0 Å². The molecule has 4 rings (SSSR count). The lowest BCUT2D eigenvalue weighted by atomic mass is 9.86. The van der Waals surface area contributed by atoms with E-state index in [9.17, 15) is 9.90 Å². The minimum Gasteiger partial charge on any atom is -0.396 e. The van der Waals surface area contributed by atoms with Crippen LogP contribution >= 0.6 is 0 Å². The van der Waals surface area contributed by atoms with E-state index in [1.807, 2.05) is 31.2 Å². The molecule has 1 saturated carbocycles. The van der Waals surface area contributed by atoms with Crippen LogP contribution in [0.1, 0.15) is 47.2 Å². The first-order chi connectivity index (χ1) is 13.2. The predicted octanol–water partition coefficient (Wildman–Crippen LogP) is 3.46. The SMILES string of the molecule is Cc1ccccc1C(=O)c1c[nH]c2ncnc(NC3CCC(CO)CC3)c12. The Kier molecular flexibility index (Phi) is 4.90. The summed E-state index contributed by atoms with van der Waals surface area (Å²) >= 11 is 0. The van der Waals surface area contributed by atoms with E-state index in [1.54, 1.807) is 6.20 Å². The molecule has 140 valence electrons. The standard InChI is InChI=1S/C21H24N4O2/c1-13-4-2-3-5-16(13)19(27)17-10-22-20-18(17)21(24-12-23-20)25-15-8-6-14(11-26)7-9-15/h2-5,10,12,14-15,26H,6-9,11H2,1H3,(H2,22,23,24,25). The third-order valence-corrected chi connectivity index (χ3v) is 5.55. The Morgan fingerprint density at radius 3 is 2.70 bits per heavy atom. The van der Waals surface area contributed by atoms with Crippen molar-refractivity contribution in [1.29, 1.82) is 0 Å². The van der Waals surface area contributed by atoms with Gasteiger partial charge in [0.2, 0.25) is 0 Å². The fourth-order valence-corrected chi connectivity index (χ4v) is 3.91. The van der Waals surface area contributed by atoms with Crippen LogP contribution in [-0.2, 0) is 0 Å². The number of carbonyl (C=O) groups excluding carboxylic acids is 1. The molecule has 2 heterocycles. The number of aromatic amines is 1. The Balaban J connectivity index is 1.66. The highest BCUT2D eigenvalue weighted by Crippen LogP contribution is 2.30. The van der Waals surface area contributed by atoms with E-state index in [-0.39, 0.29) is 12.4 Å². The topological polar surface area (TPSA) is 90.9 Å². The van der Waals surface area contributed by atoms with Crippen LogP contribution < -0.4 is 5.32 Å². The molecule has 0 aliphatic heterocycles. The Hall–Kier alpha value is -2.73. The highest BCUT2D eigenvalue weighted by Gasteiger charge is 2.24. The number of aryl methyl sites for hydroxylation is 1. The molecule has 1 fully saturated rings. The summed E-state index contributed by atoms with van der Waals surface area (Å²) in [4.78, 5) is 25.0. The van der Waals surface area contributed by atoms with Gasteiger partial charge in [-0.15, -0.1) is 0 Å². The number of nitrogens with zero attached hydrogens (tertiary/aromatic N) is 2. The van der Waals surface area contributed by atoms with Crippen molar-refractivity contribution in [3.05, 3.63) is 53.5 Å². The van der Waals surface area contributed by atoms with Gasteiger partial charge < -0.3 is 15.4 Å². The van der Waals surface area contributed by atoms with Crippen LogP contribution in [0.3, 0.4) is 0 Å². The van der Waals surface area contributed by atoms with Gasteiger partial charge >= 0.3 is 0 Å². The average molecular weight is 364 g/mol. The number of hydrogen-bond acceptors (Lipinski definition) is 5. The zero-order valence-electron chi connectivity index (χ0n) is 15.4. The average Bonchev–Trinajstić information content (AvgIpc) is 3.14. The molecule has 1 aromatic carbocycles. The highest BCUT2D eigenvalue weighted by molar-refractivity contribution is 6.18. The third kappa shape index (κ3) is 3.45. The largest absolute Gasteiger partial charge is 0.396 e.